The fraction of sp³-hybridized carbons (Fsp3) is 0.286. The highest BCUT2D eigenvalue weighted by atomic mass is 16.2. The molecule has 7 nitrogen and oxygen atoms in total. The van der Waals surface area contributed by atoms with E-state index in [-0.39, 0.29) is 17.7 Å². The van der Waals surface area contributed by atoms with Crippen LogP contribution in [0.2, 0.25) is 0 Å². The van der Waals surface area contributed by atoms with E-state index >= 15 is 0 Å². The Hall–Kier alpha value is -3.19. The van der Waals surface area contributed by atoms with Crippen LogP contribution in [0.3, 0.4) is 0 Å². The van der Waals surface area contributed by atoms with Gasteiger partial charge in [0.05, 0.1) is 11.3 Å². The monoisotopic (exact) mass is 380 g/mol. The number of nitrogens with zero attached hydrogens (tertiary/aromatic N) is 1. The van der Waals surface area contributed by atoms with Crippen molar-refractivity contribution in [3.05, 3.63) is 65.2 Å². The van der Waals surface area contributed by atoms with Crippen molar-refractivity contribution in [1.82, 2.24) is 10.2 Å². The van der Waals surface area contributed by atoms with Crippen LogP contribution in [0.15, 0.2) is 48.5 Å². The molecule has 0 spiro atoms. The highest BCUT2D eigenvalue weighted by molar-refractivity contribution is 6.09. The second-order valence-electron chi connectivity index (χ2n) is 6.66. The molecule has 2 aromatic carbocycles. The molecule has 28 heavy (non-hydrogen) atoms. The van der Waals surface area contributed by atoms with E-state index in [1.54, 1.807) is 36.4 Å². The number of hydrogen-bond donors (Lipinski definition) is 3. The molecule has 0 saturated carbocycles. The molecule has 0 radical (unpaired) electrons. The Kier molecular flexibility index (Phi) is 6.39. The molecule has 1 aliphatic heterocycles. The lowest BCUT2D eigenvalue weighted by molar-refractivity contribution is -0.128. The minimum atomic E-state index is -0.303. The van der Waals surface area contributed by atoms with E-state index < -0.39 is 0 Å². The van der Waals surface area contributed by atoms with Crippen molar-refractivity contribution in [3.8, 4) is 0 Å². The van der Waals surface area contributed by atoms with Crippen LogP contribution in [-0.2, 0) is 11.3 Å². The predicted octanol–water partition coefficient (Wildman–Crippen LogP) is 1.75. The summed E-state index contributed by atoms with van der Waals surface area (Å²) in [6.07, 6.45) is 1.51. The molecule has 7 heteroatoms. The first-order valence-corrected chi connectivity index (χ1v) is 9.34. The van der Waals surface area contributed by atoms with E-state index in [9.17, 15) is 14.4 Å². The predicted molar refractivity (Wildman–Crippen MR) is 107 cm³/mol. The molecule has 0 unspecified atom stereocenters. The van der Waals surface area contributed by atoms with Gasteiger partial charge in [-0.15, -0.1) is 0 Å². The van der Waals surface area contributed by atoms with E-state index in [1.165, 1.54) is 0 Å². The summed E-state index contributed by atoms with van der Waals surface area (Å²) < 4.78 is 0. The van der Waals surface area contributed by atoms with Crippen LogP contribution in [0.4, 0.5) is 5.69 Å². The van der Waals surface area contributed by atoms with Crippen LogP contribution in [0.5, 0.6) is 0 Å². The van der Waals surface area contributed by atoms with Gasteiger partial charge in [-0.3, -0.25) is 14.4 Å². The standard InChI is InChI=1S/C21H24N4O3/c22-11-12-23-21(28)17-4-1-2-5-18(17)24-20(27)16-9-7-15(8-10-16)14-25-13-3-6-19(25)26/h1-2,4-5,7-10H,3,6,11-14,22H2,(H,23,28)(H,24,27). The van der Waals surface area contributed by atoms with Gasteiger partial charge in [-0.2, -0.15) is 0 Å². The van der Waals surface area contributed by atoms with Gasteiger partial charge in [0.25, 0.3) is 11.8 Å². The number of carbonyl (C=O) groups excluding carboxylic acids is 3. The smallest absolute Gasteiger partial charge is 0.255 e. The lowest BCUT2D eigenvalue weighted by Crippen LogP contribution is -2.30. The SMILES string of the molecule is NCCNC(=O)c1ccccc1NC(=O)c1ccc(CN2CCCC2=O)cc1. The molecule has 0 atom stereocenters. The number of likely N-dealkylation sites (tertiary alicyclic amines) is 1. The lowest BCUT2D eigenvalue weighted by atomic mass is 10.1. The summed E-state index contributed by atoms with van der Waals surface area (Å²) in [6.45, 7) is 2.05. The Morgan fingerprint density at radius 3 is 2.46 bits per heavy atom. The molecule has 1 fully saturated rings. The molecule has 3 rings (SSSR count). The van der Waals surface area contributed by atoms with E-state index in [0.717, 1.165) is 18.5 Å². The molecule has 2 aromatic rings. The van der Waals surface area contributed by atoms with Gasteiger partial charge in [-0.25, -0.2) is 0 Å². The highest BCUT2D eigenvalue weighted by Gasteiger charge is 2.20. The number of hydrogen-bond acceptors (Lipinski definition) is 4. The Morgan fingerprint density at radius 2 is 1.79 bits per heavy atom. The zero-order valence-corrected chi connectivity index (χ0v) is 15.6. The summed E-state index contributed by atoms with van der Waals surface area (Å²) >= 11 is 0. The van der Waals surface area contributed by atoms with Crippen LogP contribution in [-0.4, -0.2) is 42.3 Å². The quantitative estimate of drug-likeness (QED) is 0.681. The number of para-hydroxylation sites is 1. The summed E-state index contributed by atoms with van der Waals surface area (Å²) in [6, 6.07) is 14.0. The fourth-order valence-electron chi connectivity index (χ4n) is 3.12. The second kappa shape index (κ2) is 9.14. The molecule has 0 aromatic heterocycles. The first-order valence-electron chi connectivity index (χ1n) is 9.34. The Bertz CT molecular complexity index is 864. The maximum absolute atomic E-state index is 12.6. The molecule has 146 valence electrons. The third-order valence-electron chi connectivity index (χ3n) is 4.61. The van der Waals surface area contributed by atoms with Gasteiger partial charge in [-0.05, 0) is 36.2 Å². The van der Waals surface area contributed by atoms with Gasteiger partial charge in [0.15, 0.2) is 0 Å². The van der Waals surface area contributed by atoms with Gasteiger partial charge in [0.2, 0.25) is 5.91 Å². The topological polar surface area (TPSA) is 105 Å². The Labute approximate surface area is 163 Å². The van der Waals surface area contributed by atoms with Gasteiger partial charge in [0.1, 0.15) is 0 Å². The number of benzene rings is 2. The van der Waals surface area contributed by atoms with Crippen LogP contribution < -0.4 is 16.4 Å². The fourth-order valence-corrected chi connectivity index (χ4v) is 3.12. The second-order valence-corrected chi connectivity index (χ2v) is 6.66. The lowest BCUT2D eigenvalue weighted by Gasteiger charge is -2.15. The molecule has 0 aliphatic carbocycles. The van der Waals surface area contributed by atoms with Crippen LogP contribution in [0.1, 0.15) is 39.1 Å². The molecule has 1 aliphatic rings. The van der Waals surface area contributed by atoms with Crippen molar-refractivity contribution < 1.29 is 14.4 Å². The van der Waals surface area contributed by atoms with Gasteiger partial charge >= 0.3 is 0 Å². The number of carbonyl (C=O) groups is 3. The van der Waals surface area contributed by atoms with Crippen molar-refractivity contribution in [2.45, 2.75) is 19.4 Å². The van der Waals surface area contributed by atoms with Crippen molar-refractivity contribution >= 4 is 23.4 Å². The summed E-state index contributed by atoms with van der Waals surface area (Å²) in [4.78, 5) is 38.4. The van der Waals surface area contributed by atoms with Crippen molar-refractivity contribution in [2.24, 2.45) is 5.73 Å². The third kappa shape index (κ3) is 4.75. The maximum Gasteiger partial charge on any atom is 0.255 e. The van der Waals surface area contributed by atoms with Gasteiger partial charge in [0, 0.05) is 38.2 Å². The first-order chi connectivity index (χ1) is 13.6. The van der Waals surface area contributed by atoms with Crippen LogP contribution in [0.25, 0.3) is 0 Å². The van der Waals surface area contributed by atoms with Crippen LogP contribution >= 0.6 is 0 Å². The minimum absolute atomic E-state index is 0.173. The number of nitrogens with one attached hydrogen (secondary N) is 2. The zero-order valence-electron chi connectivity index (χ0n) is 15.6. The minimum Gasteiger partial charge on any atom is -0.351 e. The third-order valence-corrected chi connectivity index (χ3v) is 4.61. The average molecular weight is 380 g/mol. The molecule has 1 saturated heterocycles. The molecule has 1 heterocycles. The Morgan fingerprint density at radius 1 is 1.04 bits per heavy atom. The average Bonchev–Trinajstić information content (AvgIpc) is 3.11. The number of rotatable bonds is 7. The highest BCUT2D eigenvalue weighted by Crippen LogP contribution is 2.18. The molecular formula is C21H24N4O3. The van der Waals surface area contributed by atoms with Gasteiger partial charge < -0.3 is 21.3 Å². The number of anilines is 1. The van der Waals surface area contributed by atoms with E-state index in [2.05, 4.69) is 10.6 Å². The maximum atomic E-state index is 12.6. The van der Waals surface area contributed by atoms with Crippen LogP contribution in [0, 0.1) is 0 Å². The molecule has 4 N–H and O–H groups in total. The molecular weight excluding hydrogens is 356 g/mol. The van der Waals surface area contributed by atoms with Crippen molar-refractivity contribution in [1.29, 1.82) is 0 Å². The van der Waals surface area contributed by atoms with Crippen molar-refractivity contribution in [2.75, 3.05) is 25.0 Å². The summed E-state index contributed by atoms with van der Waals surface area (Å²) in [5.41, 5.74) is 7.70. The first kappa shape index (κ1) is 19.6. The summed E-state index contributed by atoms with van der Waals surface area (Å²) in [5.74, 6) is -0.416. The normalized spacial score (nSPS) is 13.5. The zero-order chi connectivity index (χ0) is 19.9. The van der Waals surface area contributed by atoms with E-state index in [0.29, 0.717) is 42.9 Å². The molecule has 0 bridgehead atoms. The number of amides is 3. The number of nitrogens with two attached hydrogens (primary N) is 1. The largest absolute Gasteiger partial charge is 0.351 e. The molecule has 3 amide bonds. The van der Waals surface area contributed by atoms with E-state index in [4.69, 9.17) is 5.73 Å². The van der Waals surface area contributed by atoms with Crippen molar-refractivity contribution in [3.63, 3.8) is 0 Å². The summed E-state index contributed by atoms with van der Waals surface area (Å²) in [7, 11) is 0. The Balaban J connectivity index is 1.66. The summed E-state index contributed by atoms with van der Waals surface area (Å²) in [5, 5.41) is 5.49. The van der Waals surface area contributed by atoms with E-state index in [1.807, 2.05) is 17.0 Å². The van der Waals surface area contributed by atoms with Gasteiger partial charge in [-0.1, -0.05) is 24.3 Å².